The number of aryl methyl sites for hydroxylation is 2. The Hall–Kier alpha value is -2.90. The molecule has 0 bridgehead atoms. The number of nitrogens with zero attached hydrogens (tertiary/aromatic N) is 1. The molecule has 2 aliphatic rings. The van der Waals surface area contributed by atoms with Crippen LogP contribution in [0.1, 0.15) is 43.7 Å². The zero-order valence-corrected chi connectivity index (χ0v) is 16.4. The van der Waals surface area contributed by atoms with E-state index in [1.54, 1.807) is 12.1 Å². The lowest BCUT2D eigenvalue weighted by atomic mass is 9.73. The Labute approximate surface area is 164 Å². The number of carbonyl (C=O) groups is 4. The maximum absolute atomic E-state index is 12.8. The highest BCUT2D eigenvalue weighted by atomic mass is 16.2. The summed E-state index contributed by atoms with van der Waals surface area (Å²) >= 11 is 0. The second-order valence-electron chi connectivity index (χ2n) is 7.74. The molecular formula is C20H26N4O4. The lowest BCUT2D eigenvalue weighted by molar-refractivity contribution is -0.137. The second-order valence-corrected chi connectivity index (χ2v) is 7.74. The SMILES string of the molecule is Cc1ccc(NC(=O)NC(=O)CN2C(=O)NC3(CCCCC3C)C2=O)cc1C. The lowest BCUT2D eigenvalue weighted by Crippen LogP contribution is -2.54. The van der Waals surface area contributed by atoms with Gasteiger partial charge in [-0.05, 0) is 55.9 Å². The Bertz CT molecular complexity index is 837. The molecule has 1 aromatic carbocycles. The van der Waals surface area contributed by atoms with Crippen molar-refractivity contribution in [2.24, 2.45) is 5.92 Å². The van der Waals surface area contributed by atoms with Crippen molar-refractivity contribution >= 4 is 29.6 Å². The number of amides is 6. The molecule has 1 heterocycles. The van der Waals surface area contributed by atoms with Gasteiger partial charge in [-0.15, -0.1) is 0 Å². The number of hydrogen-bond donors (Lipinski definition) is 3. The maximum atomic E-state index is 12.8. The smallest absolute Gasteiger partial charge is 0.323 e. The minimum atomic E-state index is -0.919. The summed E-state index contributed by atoms with van der Waals surface area (Å²) in [7, 11) is 0. The van der Waals surface area contributed by atoms with Crippen molar-refractivity contribution in [3.8, 4) is 0 Å². The zero-order valence-electron chi connectivity index (χ0n) is 16.4. The lowest BCUT2D eigenvalue weighted by Gasteiger charge is -2.36. The van der Waals surface area contributed by atoms with Crippen LogP contribution < -0.4 is 16.0 Å². The molecule has 1 aliphatic carbocycles. The summed E-state index contributed by atoms with van der Waals surface area (Å²) in [6.07, 6.45) is 3.30. The summed E-state index contributed by atoms with van der Waals surface area (Å²) in [6, 6.07) is 4.11. The molecule has 150 valence electrons. The number of nitrogens with one attached hydrogen (secondary N) is 3. The Morgan fingerprint density at radius 1 is 1.21 bits per heavy atom. The molecule has 8 heteroatoms. The molecule has 28 heavy (non-hydrogen) atoms. The summed E-state index contributed by atoms with van der Waals surface area (Å²) in [5.41, 5.74) is 1.73. The molecule has 2 atom stereocenters. The monoisotopic (exact) mass is 386 g/mol. The van der Waals surface area contributed by atoms with Crippen molar-refractivity contribution in [2.75, 3.05) is 11.9 Å². The van der Waals surface area contributed by atoms with Gasteiger partial charge >= 0.3 is 12.1 Å². The summed E-state index contributed by atoms with van der Waals surface area (Å²) in [5.74, 6) is -1.08. The van der Waals surface area contributed by atoms with E-state index in [4.69, 9.17) is 0 Å². The predicted octanol–water partition coefficient (Wildman–Crippen LogP) is 2.45. The minimum Gasteiger partial charge on any atom is -0.323 e. The fraction of sp³-hybridized carbons (Fsp3) is 0.500. The van der Waals surface area contributed by atoms with E-state index in [2.05, 4.69) is 16.0 Å². The van der Waals surface area contributed by atoms with Crippen molar-refractivity contribution in [1.29, 1.82) is 0 Å². The van der Waals surface area contributed by atoms with Crippen LogP contribution in [0.4, 0.5) is 15.3 Å². The summed E-state index contributed by atoms with van der Waals surface area (Å²) in [4.78, 5) is 50.3. The first kappa shape index (κ1) is 19.9. The third-order valence-electron chi connectivity index (χ3n) is 5.82. The van der Waals surface area contributed by atoms with Crippen LogP contribution in [0.25, 0.3) is 0 Å². The average molecular weight is 386 g/mol. The van der Waals surface area contributed by atoms with E-state index in [1.165, 1.54) is 0 Å². The molecule has 3 rings (SSSR count). The van der Waals surface area contributed by atoms with Crippen molar-refractivity contribution in [2.45, 2.75) is 52.0 Å². The second kappa shape index (κ2) is 7.61. The van der Waals surface area contributed by atoms with E-state index >= 15 is 0 Å². The van der Waals surface area contributed by atoms with Crippen molar-refractivity contribution in [3.63, 3.8) is 0 Å². The van der Waals surface area contributed by atoms with Gasteiger partial charge in [0.05, 0.1) is 0 Å². The highest BCUT2D eigenvalue weighted by Crippen LogP contribution is 2.38. The van der Waals surface area contributed by atoms with E-state index in [0.717, 1.165) is 35.3 Å². The van der Waals surface area contributed by atoms with E-state index in [0.29, 0.717) is 12.1 Å². The van der Waals surface area contributed by atoms with Gasteiger partial charge in [-0.2, -0.15) is 0 Å². The van der Waals surface area contributed by atoms with E-state index in [1.807, 2.05) is 26.8 Å². The molecule has 2 unspecified atom stereocenters. The fourth-order valence-corrected chi connectivity index (χ4v) is 3.93. The van der Waals surface area contributed by atoms with Gasteiger partial charge in [0.15, 0.2) is 0 Å². The fourth-order valence-electron chi connectivity index (χ4n) is 3.93. The van der Waals surface area contributed by atoms with Gasteiger partial charge < -0.3 is 10.6 Å². The summed E-state index contributed by atoms with van der Waals surface area (Å²) < 4.78 is 0. The first-order valence-electron chi connectivity index (χ1n) is 9.55. The molecule has 0 radical (unpaired) electrons. The van der Waals surface area contributed by atoms with Crippen LogP contribution in [-0.4, -0.2) is 40.9 Å². The number of benzene rings is 1. The van der Waals surface area contributed by atoms with Gasteiger partial charge in [0.1, 0.15) is 12.1 Å². The average Bonchev–Trinajstić information content (AvgIpc) is 2.86. The molecule has 8 nitrogen and oxygen atoms in total. The number of rotatable bonds is 3. The van der Waals surface area contributed by atoms with Gasteiger partial charge in [-0.3, -0.25) is 19.8 Å². The first-order chi connectivity index (χ1) is 13.2. The molecule has 1 saturated heterocycles. The Kier molecular flexibility index (Phi) is 5.40. The van der Waals surface area contributed by atoms with Crippen LogP contribution in [0.2, 0.25) is 0 Å². The van der Waals surface area contributed by atoms with Crippen molar-refractivity contribution < 1.29 is 19.2 Å². The molecule has 3 N–H and O–H groups in total. The van der Waals surface area contributed by atoms with Crippen LogP contribution in [0.3, 0.4) is 0 Å². The topological polar surface area (TPSA) is 108 Å². The highest BCUT2D eigenvalue weighted by molar-refractivity contribution is 6.10. The van der Waals surface area contributed by atoms with E-state index in [9.17, 15) is 19.2 Å². The van der Waals surface area contributed by atoms with E-state index < -0.39 is 30.1 Å². The zero-order chi connectivity index (χ0) is 20.5. The predicted molar refractivity (Wildman–Crippen MR) is 104 cm³/mol. The van der Waals surface area contributed by atoms with Crippen molar-refractivity contribution in [1.82, 2.24) is 15.5 Å². The Morgan fingerprint density at radius 3 is 2.64 bits per heavy atom. The van der Waals surface area contributed by atoms with Gasteiger partial charge in [0.25, 0.3) is 5.91 Å². The van der Waals surface area contributed by atoms with E-state index in [-0.39, 0.29) is 11.8 Å². The van der Waals surface area contributed by atoms with Gasteiger partial charge in [0, 0.05) is 5.69 Å². The molecule has 1 aromatic rings. The van der Waals surface area contributed by atoms with Gasteiger partial charge in [-0.1, -0.05) is 25.8 Å². The molecular weight excluding hydrogens is 360 g/mol. The number of urea groups is 2. The van der Waals surface area contributed by atoms with Crippen LogP contribution in [0, 0.1) is 19.8 Å². The minimum absolute atomic E-state index is 0.0128. The molecule has 1 saturated carbocycles. The van der Waals surface area contributed by atoms with Gasteiger partial charge in [0.2, 0.25) is 5.91 Å². The number of hydrogen-bond acceptors (Lipinski definition) is 4. The highest BCUT2D eigenvalue weighted by Gasteiger charge is 2.55. The molecule has 6 amide bonds. The molecule has 2 fully saturated rings. The molecule has 0 aromatic heterocycles. The summed E-state index contributed by atoms with van der Waals surface area (Å²) in [5, 5.41) is 7.53. The van der Waals surface area contributed by atoms with Crippen LogP contribution in [-0.2, 0) is 9.59 Å². The quantitative estimate of drug-likeness (QED) is 0.694. The molecule has 1 aliphatic heterocycles. The summed E-state index contributed by atoms with van der Waals surface area (Å²) in [6.45, 7) is 5.33. The van der Waals surface area contributed by atoms with Crippen LogP contribution >= 0.6 is 0 Å². The number of imide groups is 2. The standard InChI is InChI=1S/C20H26N4O4/c1-12-7-8-15(10-13(12)2)21-18(27)22-16(25)11-24-17(26)20(23-19(24)28)9-5-4-6-14(20)3/h7-8,10,14H,4-6,9,11H2,1-3H3,(H,23,28)(H2,21,22,25,27). The largest absolute Gasteiger partial charge is 0.325 e. The Balaban J connectivity index is 1.59. The third kappa shape index (κ3) is 3.72. The van der Waals surface area contributed by atoms with Crippen LogP contribution in [0.5, 0.6) is 0 Å². The Morgan fingerprint density at radius 2 is 1.96 bits per heavy atom. The maximum Gasteiger partial charge on any atom is 0.325 e. The molecule has 1 spiro atoms. The third-order valence-corrected chi connectivity index (χ3v) is 5.82. The normalized spacial score (nSPS) is 24.2. The van der Waals surface area contributed by atoms with Crippen LogP contribution in [0.15, 0.2) is 18.2 Å². The number of carbonyl (C=O) groups excluding carboxylic acids is 4. The first-order valence-corrected chi connectivity index (χ1v) is 9.55. The van der Waals surface area contributed by atoms with Gasteiger partial charge in [-0.25, -0.2) is 9.59 Å². The number of anilines is 1. The van der Waals surface area contributed by atoms with Crippen molar-refractivity contribution in [3.05, 3.63) is 29.3 Å².